The number of halogens is 2. The monoisotopic (exact) mass is 383 g/mol. The number of aromatic nitrogens is 4. The molecular formula is C15H15ClFN5O2S. The van der Waals surface area contributed by atoms with Crippen LogP contribution in [0.25, 0.3) is 0 Å². The highest BCUT2D eigenvalue weighted by Crippen LogP contribution is 2.25. The van der Waals surface area contributed by atoms with Gasteiger partial charge in [-0.1, -0.05) is 29.8 Å². The van der Waals surface area contributed by atoms with Crippen molar-refractivity contribution < 1.29 is 12.8 Å². The zero-order chi connectivity index (χ0) is 18.2. The first-order chi connectivity index (χ1) is 11.8. The number of benzene rings is 1. The maximum atomic E-state index is 13.7. The number of hydrogen-bond acceptors (Lipinski definition) is 4. The average Bonchev–Trinajstić information content (AvgIpc) is 3.04. The molecule has 132 valence electrons. The summed E-state index contributed by atoms with van der Waals surface area (Å²) in [5.41, 5.74) is 1.16. The summed E-state index contributed by atoms with van der Waals surface area (Å²) in [4.78, 5) is 0.0484. The molecule has 0 aliphatic rings. The van der Waals surface area contributed by atoms with Crippen LogP contribution >= 0.6 is 11.6 Å². The third-order valence-corrected chi connectivity index (χ3v) is 5.45. The molecule has 0 amide bonds. The molecule has 3 rings (SSSR count). The Morgan fingerprint density at radius 1 is 1.32 bits per heavy atom. The number of aryl methyl sites for hydroxylation is 2. The molecule has 0 atom stereocenters. The Labute approximate surface area is 148 Å². The molecule has 0 aliphatic carbocycles. The van der Waals surface area contributed by atoms with Gasteiger partial charge in [-0.25, -0.2) is 12.8 Å². The van der Waals surface area contributed by atoms with E-state index in [1.54, 1.807) is 32.0 Å². The van der Waals surface area contributed by atoms with Crippen LogP contribution < -0.4 is 4.72 Å². The summed E-state index contributed by atoms with van der Waals surface area (Å²) < 4.78 is 42.5. The van der Waals surface area contributed by atoms with Gasteiger partial charge in [0.1, 0.15) is 15.7 Å². The Kier molecular flexibility index (Phi) is 4.53. The largest absolute Gasteiger partial charge is 0.281 e. The lowest BCUT2D eigenvalue weighted by atomic mass is 10.2. The Hall–Kier alpha value is -2.39. The molecule has 0 saturated heterocycles. The van der Waals surface area contributed by atoms with Gasteiger partial charge in [-0.2, -0.15) is 10.2 Å². The Morgan fingerprint density at radius 3 is 2.68 bits per heavy atom. The fourth-order valence-electron chi connectivity index (χ4n) is 2.46. The van der Waals surface area contributed by atoms with Crippen LogP contribution in [0.4, 0.5) is 10.2 Å². The number of hydrogen-bond donors (Lipinski definition) is 2. The van der Waals surface area contributed by atoms with Gasteiger partial charge in [-0.15, -0.1) is 0 Å². The summed E-state index contributed by atoms with van der Waals surface area (Å²) in [7, 11) is -3.90. The molecular weight excluding hydrogens is 369 g/mol. The molecule has 0 spiro atoms. The molecule has 25 heavy (non-hydrogen) atoms. The second-order valence-electron chi connectivity index (χ2n) is 5.48. The van der Waals surface area contributed by atoms with Gasteiger partial charge in [-0.3, -0.25) is 14.5 Å². The molecule has 0 fully saturated rings. The third kappa shape index (κ3) is 3.52. The number of anilines is 1. The number of nitrogens with zero attached hydrogens (tertiary/aromatic N) is 3. The average molecular weight is 384 g/mol. The van der Waals surface area contributed by atoms with Crippen LogP contribution in [0.2, 0.25) is 5.02 Å². The molecule has 0 radical (unpaired) electrons. The zero-order valence-corrected chi connectivity index (χ0v) is 15.0. The second kappa shape index (κ2) is 6.49. The first-order valence-electron chi connectivity index (χ1n) is 7.28. The minimum absolute atomic E-state index is 0.0296. The van der Waals surface area contributed by atoms with E-state index in [-0.39, 0.29) is 28.1 Å². The summed E-state index contributed by atoms with van der Waals surface area (Å²) in [6.45, 7) is 3.31. The van der Waals surface area contributed by atoms with Crippen molar-refractivity contribution in [2.75, 3.05) is 4.72 Å². The van der Waals surface area contributed by atoms with E-state index in [2.05, 4.69) is 20.0 Å². The summed E-state index contributed by atoms with van der Waals surface area (Å²) >= 11 is 6.07. The van der Waals surface area contributed by atoms with Crippen molar-refractivity contribution in [3.8, 4) is 0 Å². The smallest absolute Gasteiger partial charge is 0.266 e. The van der Waals surface area contributed by atoms with Gasteiger partial charge in [0.05, 0.1) is 17.9 Å². The molecule has 0 bridgehead atoms. The lowest BCUT2D eigenvalue weighted by Gasteiger charge is -2.06. The summed E-state index contributed by atoms with van der Waals surface area (Å²) in [6, 6.07) is 6.25. The van der Waals surface area contributed by atoms with E-state index >= 15 is 0 Å². The number of aromatic amines is 1. The van der Waals surface area contributed by atoms with E-state index in [4.69, 9.17) is 11.6 Å². The molecule has 1 aromatic carbocycles. The quantitative estimate of drug-likeness (QED) is 0.708. The van der Waals surface area contributed by atoms with Crippen LogP contribution in [-0.4, -0.2) is 28.4 Å². The number of sulfonamides is 1. The zero-order valence-electron chi connectivity index (χ0n) is 13.4. The maximum absolute atomic E-state index is 13.7. The van der Waals surface area contributed by atoms with Crippen LogP contribution in [0.5, 0.6) is 0 Å². The van der Waals surface area contributed by atoms with Crippen molar-refractivity contribution in [2.24, 2.45) is 0 Å². The number of H-pyrrole nitrogens is 1. The lowest BCUT2D eigenvalue weighted by molar-refractivity contribution is 0.585. The minimum atomic E-state index is -3.90. The van der Waals surface area contributed by atoms with E-state index in [9.17, 15) is 12.8 Å². The van der Waals surface area contributed by atoms with Gasteiger partial charge >= 0.3 is 0 Å². The van der Waals surface area contributed by atoms with E-state index < -0.39 is 10.0 Å². The maximum Gasteiger partial charge on any atom is 0.266 e. The SMILES string of the molecule is Cc1n[nH]c(C)c1S(=O)(=O)Nc1nn(Cc2ccccc2F)cc1Cl. The van der Waals surface area contributed by atoms with Crippen molar-refractivity contribution in [3.63, 3.8) is 0 Å². The Bertz CT molecular complexity index is 1010. The Morgan fingerprint density at radius 2 is 2.04 bits per heavy atom. The summed E-state index contributed by atoms with van der Waals surface area (Å²) in [5.74, 6) is -0.404. The van der Waals surface area contributed by atoms with E-state index in [1.807, 2.05) is 0 Å². The highest BCUT2D eigenvalue weighted by molar-refractivity contribution is 7.92. The van der Waals surface area contributed by atoms with Crippen molar-refractivity contribution in [1.29, 1.82) is 0 Å². The van der Waals surface area contributed by atoms with Crippen LogP contribution in [0, 0.1) is 19.7 Å². The van der Waals surface area contributed by atoms with Crippen LogP contribution in [0.15, 0.2) is 35.4 Å². The van der Waals surface area contributed by atoms with E-state index in [1.165, 1.54) is 16.9 Å². The summed E-state index contributed by atoms with van der Waals surface area (Å²) in [6.07, 6.45) is 1.43. The first-order valence-corrected chi connectivity index (χ1v) is 9.15. The topological polar surface area (TPSA) is 92.7 Å². The van der Waals surface area contributed by atoms with Gasteiger partial charge in [0.15, 0.2) is 5.82 Å². The van der Waals surface area contributed by atoms with Gasteiger partial charge in [0.2, 0.25) is 0 Å². The highest BCUT2D eigenvalue weighted by Gasteiger charge is 2.24. The molecule has 0 saturated carbocycles. The molecule has 2 N–H and O–H groups in total. The molecule has 2 aromatic heterocycles. The third-order valence-electron chi connectivity index (χ3n) is 3.57. The van der Waals surface area contributed by atoms with Crippen molar-refractivity contribution in [3.05, 3.63) is 58.3 Å². The predicted octanol–water partition coefficient (Wildman–Crippen LogP) is 2.86. The van der Waals surface area contributed by atoms with Crippen LogP contribution in [-0.2, 0) is 16.6 Å². The Balaban J connectivity index is 1.87. The fourth-order valence-corrected chi connectivity index (χ4v) is 4.11. The number of rotatable bonds is 5. The predicted molar refractivity (Wildman–Crippen MR) is 91.6 cm³/mol. The second-order valence-corrected chi connectivity index (χ2v) is 7.51. The molecule has 3 aromatic rings. The molecule has 0 aliphatic heterocycles. The molecule has 0 unspecified atom stereocenters. The van der Waals surface area contributed by atoms with E-state index in [0.717, 1.165) is 0 Å². The van der Waals surface area contributed by atoms with Crippen LogP contribution in [0.3, 0.4) is 0 Å². The van der Waals surface area contributed by atoms with Gasteiger partial charge < -0.3 is 0 Å². The van der Waals surface area contributed by atoms with Crippen molar-refractivity contribution in [1.82, 2.24) is 20.0 Å². The summed E-state index contributed by atoms with van der Waals surface area (Å²) in [5, 5.41) is 10.7. The molecule has 7 nitrogen and oxygen atoms in total. The normalized spacial score (nSPS) is 11.7. The van der Waals surface area contributed by atoms with Crippen molar-refractivity contribution in [2.45, 2.75) is 25.3 Å². The number of nitrogens with one attached hydrogen (secondary N) is 2. The standard InChI is InChI=1S/C15H15ClFN5O2S/c1-9-14(10(2)19-18-9)25(23,24)21-15-12(16)8-22(20-15)7-11-5-3-4-6-13(11)17/h3-6,8H,7H2,1-2H3,(H,18,19)(H,20,21). The molecule has 2 heterocycles. The first kappa shape index (κ1) is 17.4. The van der Waals surface area contributed by atoms with Crippen molar-refractivity contribution >= 4 is 27.4 Å². The molecule has 10 heteroatoms. The fraction of sp³-hybridized carbons (Fsp3) is 0.200. The minimum Gasteiger partial charge on any atom is -0.281 e. The van der Waals surface area contributed by atoms with Crippen LogP contribution in [0.1, 0.15) is 17.0 Å². The van der Waals surface area contributed by atoms with Gasteiger partial charge in [-0.05, 0) is 19.9 Å². The highest BCUT2D eigenvalue weighted by atomic mass is 35.5. The van der Waals surface area contributed by atoms with Gasteiger partial charge in [0.25, 0.3) is 10.0 Å². The van der Waals surface area contributed by atoms with Gasteiger partial charge in [0, 0.05) is 11.8 Å². The lowest BCUT2D eigenvalue weighted by Crippen LogP contribution is -2.15. The van der Waals surface area contributed by atoms with E-state index in [0.29, 0.717) is 17.0 Å².